The first-order valence-corrected chi connectivity index (χ1v) is 5.82. The highest BCUT2D eigenvalue weighted by Crippen LogP contribution is 2.13. The Hall–Kier alpha value is -1.91. The fraction of sp³-hybridized carbons (Fsp3) is 0.385. The van der Waals surface area contributed by atoms with E-state index in [2.05, 4.69) is 10.6 Å². The van der Waals surface area contributed by atoms with Gasteiger partial charge in [0.2, 0.25) is 0 Å². The van der Waals surface area contributed by atoms with Crippen molar-refractivity contribution in [3.8, 4) is 0 Å². The molecule has 0 spiro atoms. The number of hydrogen-bond donors (Lipinski definition) is 2. The number of halogens is 1. The van der Waals surface area contributed by atoms with Crippen LogP contribution in [-0.2, 0) is 9.59 Å². The molecule has 1 rings (SSSR count). The molecule has 2 N–H and O–H groups in total. The first kappa shape index (κ1) is 14.2. The van der Waals surface area contributed by atoms with Gasteiger partial charge in [-0.1, -0.05) is 13.0 Å². The van der Waals surface area contributed by atoms with Crippen molar-refractivity contribution in [2.24, 2.45) is 0 Å². The largest absolute Gasteiger partial charge is 0.345 e. The number of carbonyl (C=O) groups is 2. The monoisotopic (exact) mass is 252 g/mol. The summed E-state index contributed by atoms with van der Waals surface area (Å²) in [5.74, 6) is -1.93. The summed E-state index contributed by atoms with van der Waals surface area (Å²) in [5, 5.41) is 4.88. The molecule has 1 aromatic rings. The van der Waals surface area contributed by atoms with Crippen molar-refractivity contribution in [2.45, 2.75) is 33.2 Å². The predicted molar refractivity (Wildman–Crippen MR) is 67.7 cm³/mol. The highest BCUT2D eigenvalue weighted by Gasteiger charge is 2.15. The Balaban J connectivity index is 2.64. The van der Waals surface area contributed by atoms with Crippen LogP contribution in [0.2, 0.25) is 0 Å². The number of benzene rings is 1. The minimum Gasteiger partial charge on any atom is -0.345 e. The number of aryl methyl sites for hydroxylation is 1. The summed E-state index contributed by atoms with van der Waals surface area (Å²) in [7, 11) is 0. The molecule has 0 radical (unpaired) electrons. The molecule has 2 amide bonds. The summed E-state index contributed by atoms with van der Waals surface area (Å²) in [6, 6.07) is 4.20. The van der Waals surface area contributed by atoms with Crippen LogP contribution in [-0.4, -0.2) is 17.9 Å². The molecule has 5 heteroatoms. The molecule has 0 saturated carbocycles. The lowest BCUT2D eigenvalue weighted by Crippen LogP contribution is -2.40. The van der Waals surface area contributed by atoms with E-state index in [1.54, 1.807) is 19.9 Å². The Morgan fingerprint density at radius 2 is 2.00 bits per heavy atom. The van der Waals surface area contributed by atoms with Gasteiger partial charge in [0.15, 0.2) is 0 Å². The van der Waals surface area contributed by atoms with Crippen LogP contribution in [0.1, 0.15) is 25.8 Å². The van der Waals surface area contributed by atoms with Crippen LogP contribution in [0.5, 0.6) is 0 Å². The van der Waals surface area contributed by atoms with Gasteiger partial charge in [0.25, 0.3) is 0 Å². The van der Waals surface area contributed by atoms with Gasteiger partial charge in [0.1, 0.15) is 5.82 Å². The average Bonchev–Trinajstić information content (AvgIpc) is 2.33. The maximum atomic E-state index is 13.2. The molecular weight excluding hydrogens is 235 g/mol. The van der Waals surface area contributed by atoms with E-state index in [0.717, 1.165) is 6.42 Å². The summed E-state index contributed by atoms with van der Waals surface area (Å²) >= 11 is 0. The van der Waals surface area contributed by atoms with Gasteiger partial charge in [0.05, 0.1) is 0 Å². The number of nitrogens with one attached hydrogen (secondary N) is 2. The van der Waals surface area contributed by atoms with Crippen molar-refractivity contribution >= 4 is 17.5 Å². The smallest absolute Gasteiger partial charge is 0.313 e. The summed E-state index contributed by atoms with van der Waals surface area (Å²) in [4.78, 5) is 23.0. The van der Waals surface area contributed by atoms with Crippen LogP contribution in [0.15, 0.2) is 18.2 Å². The molecule has 98 valence electrons. The van der Waals surface area contributed by atoms with Gasteiger partial charge in [-0.2, -0.15) is 0 Å². The molecule has 0 heterocycles. The molecule has 4 nitrogen and oxygen atoms in total. The highest BCUT2D eigenvalue weighted by molar-refractivity contribution is 6.39. The third-order valence-electron chi connectivity index (χ3n) is 2.63. The Morgan fingerprint density at radius 1 is 1.33 bits per heavy atom. The van der Waals surface area contributed by atoms with E-state index in [4.69, 9.17) is 0 Å². The van der Waals surface area contributed by atoms with Crippen molar-refractivity contribution < 1.29 is 14.0 Å². The van der Waals surface area contributed by atoms with Crippen LogP contribution in [0, 0.1) is 12.7 Å². The lowest BCUT2D eigenvalue weighted by molar-refractivity contribution is -0.136. The predicted octanol–water partition coefficient (Wildman–Crippen LogP) is 1.99. The SMILES string of the molecule is CC[C@@H](C)NC(=O)C(=O)Nc1ccc(C)c(F)c1. The summed E-state index contributed by atoms with van der Waals surface area (Å²) in [6.07, 6.45) is 0.734. The maximum Gasteiger partial charge on any atom is 0.313 e. The Bertz CT molecular complexity index is 460. The molecule has 0 aromatic heterocycles. The lowest BCUT2D eigenvalue weighted by Gasteiger charge is -2.11. The minimum atomic E-state index is -0.793. The fourth-order valence-corrected chi connectivity index (χ4v) is 1.25. The third kappa shape index (κ3) is 3.84. The van der Waals surface area contributed by atoms with Gasteiger partial charge < -0.3 is 10.6 Å². The van der Waals surface area contributed by atoms with Crippen LogP contribution in [0.3, 0.4) is 0 Å². The van der Waals surface area contributed by atoms with E-state index in [1.165, 1.54) is 12.1 Å². The molecule has 0 aliphatic carbocycles. The van der Waals surface area contributed by atoms with Gasteiger partial charge >= 0.3 is 11.8 Å². The van der Waals surface area contributed by atoms with Crippen LogP contribution < -0.4 is 10.6 Å². The Labute approximate surface area is 106 Å². The second-order valence-electron chi connectivity index (χ2n) is 4.20. The second kappa shape index (κ2) is 6.14. The first-order chi connectivity index (χ1) is 8.43. The number of carbonyl (C=O) groups excluding carboxylic acids is 2. The molecule has 0 fully saturated rings. The number of anilines is 1. The van der Waals surface area contributed by atoms with E-state index in [-0.39, 0.29) is 11.7 Å². The van der Waals surface area contributed by atoms with Gasteiger partial charge in [-0.05, 0) is 38.0 Å². The van der Waals surface area contributed by atoms with Crippen LogP contribution >= 0.6 is 0 Å². The molecule has 0 unspecified atom stereocenters. The zero-order chi connectivity index (χ0) is 13.7. The van der Waals surface area contributed by atoms with Crippen LogP contribution in [0.25, 0.3) is 0 Å². The average molecular weight is 252 g/mol. The molecule has 1 aromatic carbocycles. The van der Waals surface area contributed by atoms with Gasteiger partial charge in [0, 0.05) is 11.7 Å². The lowest BCUT2D eigenvalue weighted by atomic mass is 10.2. The van der Waals surface area contributed by atoms with Crippen molar-refractivity contribution in [1.82, 2.24) is 5.32 Å². The third-order valence-corrected chi connectivity index (χ3v) is 2.63. The first-order valence-electron chi connectivity index (χ1n) is 5.82. The van der Waals surface area contributed by atoms with E-state index >= 15 is 0 Å². The van der Waals surface area contributed by atoms with Crippen molar-refractivity contribution in [3.05, 3.63) is 29.6 Å². The standard InChI is InChI=1S/C13H17FN2O2/c1-4-9(3)15-12(17)13(18)16-10-6-5-8(2)11(14)7-10/h5-7,9H,4H2,1-3H3,(H,15,17)(H,16,18)/t9-/m1/s1. The highest BCUT2D eigenvalue weighted by atomic mass is 19.1. The number of hydrogen-bond acceptors (Lipinski definition) is 2. The topological polar surface area (TPSA) is 58.2 Å². The maximum absolute atomic E-state index is 13.2. The number of rotatable bonds is 3. The quantitative estimate of drug-likeness (QED) is 0.808. The van der Waals surface area contributed by atoms with Crippen molar-refractivity contribution in [3.63, 3.8) is 0 Å². The van der Waals surface area contributed by atoms with E-state index in [0.29, 0.717) is 5.56 Å². The zero-order valence-corrected chi connectivity index (χ0v) is 10.7. The van der Waals surface area contributed by atoms with Gasteiger partial charge in [-0.25, -0.2) is 4.39 Å². The summed E-state index contributed by atoms with van der Waals surface area (Å²) in [6.45, 7) is 5.32. The van der Waals surface area contributed by atoms with Gasteiger partial charge in [-0.3, -0.25) is 9.59 Å². The molecule has 0 bridgehead atoms. The normalized spacial score (nSPS) is 11.8. The van der Waals surface area contributed by atoms with Crippen molar-refractivity contribution in [1.29, 1.82) is 0 Å². The van der Waals surface area contributed by atoms with E-state index < -0.39 is 17.6 Å². The zero-order valence-electron chi connectivity index (χ0n) is 10.7. The summed E-state index contributed by atoms with van der Waals surface area (Å²) < 4.78 is 13.2. The molecule has 1 atom stereocenters. The minimum absolute atomic E-state index is 0.0713. The number of amides is 2. The fourth-order valence-electron chi connectivity index (χ4n) is 1.25. The molecule has 18 heavy (non-hydrogen) atoms. The Morgan fingerprint density at radius 3 is 2.56 bits per heavy atom. The Kier molecular flexibility index (Phi) is 4.83. The second-order valence-corrected chi connectivity index (χ2v) is 4.20. The van der Waals surface area contributed by atoms with Crippen LogP contribution in [0.4, 0.5) is 10.1 Å². The van der Waals surface area contributed by atoms with E-state index in [9.17, 15) is 14.0 Å². The molecule has 0 aliphatic rings. The molecular formula is C13H17FN2O2. The molecule has 0 saturated heterocycles. The van der Waals surface area contributed by atoms with E-state index in [1.807, 2.05) is 6.92 Å². The molecule has 0 aliphatic heterocycles. The van der Waals surface area contributed by atoms with Crippen molar-refractivity contribution in [2.75, 3.05) is 5.32 Å². The van der Waals surface area contributed by atoms with Gasteiger partial charge in [-0.15, -0.1) is 0 Å². The summed E-state index contributed by atoms with van der Waals surface area (Å²) in [5.41, 5.74) is 0.749.